The first-order valence-electron chi connectivity index (χ1n) is 8.10. The zero-order chi connectivity index (χ0) is 15.1. The van der Waals surface area contributed by atoms with Gasteiger partial charge < -0.3 is 10.2 Å². The lowest BCUT2D eigenvalue weighted by Gasteiger charge is -2.24. The monoisotopic (exact) mass is 312 g/mol. The third-order valence-corrected chi connectivity index (χ3v) is 5.46. The maximum Gasteiger partial charge on any atom is 0.0441 e. The second-order valence-electron chi connectivity index (χ2n) is 6.35. The molecular formula is C19H21ClN2. The van der Waals surface area contributed by atoms with Crippen molar-refractivity contribution in [2.75, 3.05) is 24.5 Å². The maximum atomic E-state index is 6.28. The van der Waals surface area contributed by atoms with Gasteiger partial charge in [0.25, 0.3) is 0 Å². The van der Waals surface area contributed by atoms with Crippen LogP contribution in [0.15, 0.2) is 36.4 Å². The van der Waals surface area contributed by atoms with E-state index in [0.29, 0.717) is 6.04 Å². The quantitative estimate of drug-likeness (QED) is 0.855. The molecule has 0 bridgehead atoms. The van der Waals surface area contributed by atoms with Crippen LogP contribution in [-0.4, -0.2) is 25.7 Å². The number of hydrogen-bond acceptors (Lipinski definition) is 2. The Kier molecular flexibility index (Phi) is 3.59. The lowest BCUT2D eigenvalue weighted by atomic mass is 9.97. The standard InChI is InChI=1S/C19H21ClN2/c1-13-17(3-2-4-18(13)20)14-5-6-19-15(11-14)12-16-7-8-21-9-10-22(16)19/h2-6,11,16,21H,7-10,12H2,1H3. The van der Waals surface area contributed by atoms with Crippen molar-refractivity contribution in [1.82, 2.24) is 5.32 Å². The fourth-order valence-corrected chi connectivity index (χ4v) is 4.01. The number of nitrogens with one attached hydrogen (secondary N) is 1. The van der Waals surface area contributed by atoms with Crippen molar-refractivity contribution in [2.24, 2.45) is 0 Å². The van der Waals surface area contributed by atoms with Crippen molar-refractivity contribution < 1.29 is 0 Å². The van der Waals surface area contributed by atoms with Crippen LogP contribution < -0.4 is 10.2 Å². The summed E-state index contributed by atoms with van der Waals surface area (Å²) < 4.78 is 0. The van der Waals surface area contributed by atoms with Gasteiger partial charge in [0.1, 0.15) is 0 Å². The van der Waals surface area contributed by atoms with Crippen LogP contribution in [-0.2, 0) is 6.42 Å². The molecule has 1 fully saturated rings. The number of halogens is 1. The summed E-state index contributed by atoms with van der Waals surface area (Å²) >= 11 is 6.28. The first kappa shape index (κ1) is 14.1. The molecule has 2 nitrogen and oxygen atoms in total. The molecule has 2 aliphatic heterocycles. The van der Waals surface area contributed by atoms with E-state index in [4.69, 9.17) is 11.6 Å². The molecule has 0 amide bonds. The van der Waals surface area contributed by atoms with Gasteiger partial charge in [-0.25, -0.2) is 0 Å². The minimum absolute atomic E-state index is 0.667. The summed E-state index contributed by atoms with van der Waals surface area (Å²) in [6, 6.07) is 13.8. The van der Waals surface area contributed by atoms with Crippen molar-refractivity contribution in [2.45, 2.75) is 25.8 Å². The van der Waals surface area contributed by atoms with E-state index < -0.39 is 0 Å². The minimum Gasteiger partial charge on any atom is -0.367 e. The summed E-state index contributed by atoms with van der Waals surface area (Å²) in [6.07, 6.45) is 2.41. The molecule has 2 heterocycles. The Morgan fingerprint density at radius 2 is 2.09 bits per heavy atom. The van der Waals surface area contributed by atoms with E-state index in [9.17, 15) is 0 Å². The smallest absolute Gasteiger partial charge is 0.0441 e. The molecule has 2 aliphatic rings. The predicted molar refractivity (Wildman–Crippen MR) is 93.9 cm³/mol. The number of fused-ring (bicyclic) bond motifs is 3. The SMILES string of the molecule is Cc1c(Cl)cccc1-c1ccc2c(c1)CC1CCNCCN21. The molecule has 0 saturated carbocycles. The van der Waals surface area contributed by atoms with Crippen LogP contribution in [0.5, 0.6) is 0 Å². The molecule has 1 atom stereocenters. The predicted octanol–water partition coefficient (Wildman–Crippen LogP) is 4.04. The zero-order valence-electron chi connectivity index (χ0n) is 12.9. The third-order valence-electron chi connectivity index (χ3n) is 5.05. The molecule has 2 aromatic carbocycles. The van der Waals surface area contributed by atoms with Crippen molar-refractivity contribution >= 4 is 17.3 Å². The van der Waals surface area contributed by atoms with E-state index in [0.717, 1.165) is 24.7 Å². The third kappa shape index (κ3) is 2.31. The van der Waals surface area contributed by atoms with E-state index in [-0.39, 0.29) is 0 Å². The van der Waals surface area contributed by atoms with Gasteiger partial charge in [-0.1, -0.05) is 29.8 Å². The highest BCUT2D eigenvalue weighted by atomic mass is 35.5. The molecule has 4 rings (SSSR count). The van der Waals surface area contributed by atoms with Gasteiger partial charge in [0.2, 0.25) is 0 Å². The fourth-order valence-electron chi connectivity index (χ4n) is 3.83. The Labute approximate surface area is 137 Å². The number of nitrogens with zero attached hydrogens (tertiary/aromatic N) is 1. The average Bonchev–Trinajstić information content (AvgIpc) is 2.70. The zero-order valence-corrected chi connectivity index (χ0v) is 13.7. The van der Waals surface area contributed by atoms with Crippen molar-refractivity contribution in [3.05, 3.63) is 52.5 Å². The fraction of sp³-hybridized carbons (Fsp3) is 0.368. The van der Waals surface area contributed by atoms with Gasteiger partial charge in [-0.05, 0) is 66.8 Å². The van der Waals surface area contributed by atoms with E-state index in [1.807, 2.05) is 12.1 Å². The molecule has 0 radical (unpaired) electrons. The summed E-state index contributed by atoms with van der Waals surface area (Å²) in [4.78, 5) is 2.59. The highest BCUT2D eigenvalue weighted by Crippen LogP contribution is 2.38. The van der Waals surface area contributed by atoms with Crippen LogP contribution in [0.25, 0.3) is 11.1 Å². The highest BCUT2D eigenvalue weighted by molar-refractivity contribution is 6.31. The number of rotatable bonds is 1. The van der Waals surface area contributed by atoms with Gasteiger partial charge in [0, 0.05) is 29.8 Å². The van der Waals surface area contributed by atoms with Crippen LogP contribution >= 0.6 is 11.6 Å². The van der Waals surface area contributed by atoms with Gasteiger partial charge in [-0.15, -0.1) is 0 Å². The lowest BCUT2D eigenvalue weighted by molar-refractivity contribution is 0.612. The second kappa shape index (κ2) is 5.60. The topological polar surface area (TPSA) is 15.3 Å². The highest BCUT2D eigenvalue weighted by Gasteiger charge is 2.30. The second-order valence-corrected chi connectivity index (χ2v) is 6.75. The van der Waals surface area contributed by atoms with Crippen LogP contribution in [0.4, 0.5) is 5.69 Å². The number of benzene rings is 2. The summed E-state index contributed by atoms with van der Waals surface area (Å²) in [5.74, 6) is 0. The van der Waals surface area contributed by atoms with E-state index in [1.54, 1.807) is 0 Å². The molecule has 0 aromatic heterocycles. The normalized spacial score (nSPS) is 20.5. The first-order valence-corrected chi connectivity index (χ1v) is 8.47. The summed E-state index contributed by atoms with van der Waals surface area (Å²) in [5.41, 5.74) is 6.62. The Balaban J connectivity index is 1.73. The van der Waals surface area contributed by atoms with Gasteiger partial charge in [0.15, 0.2) is 0 Å². The van der Waals surface area contributed by atoms with Crippen molar-refractivity contribution in [3.8, 4) is 11.1 Å². The van der Waals surface area contributed by atoms with Gasteiger partial charge >= 0.3 is 0 Å². The van der Waals surface area contributed by atoms with Gasteiger partial charge in [-0.2, -0.15) is 0 Å². The maximum absolute atomic E-state index is 6.28. The molecule has 2 aromatic rings. The van der Waals surface area contributed by atoms with E-state index >= 15 is 0 Å². The van der Waals surface area contributed by atoms with Crippen LogP contribution in [0.3, 0.4) is 0 Å². The van der Waals surface area contributed by atoms with E-state index in [1.165, 1.54) is 40.8 Å². The molecule has 0 aliphatic carbocycles. The molecule has 0 spiro atoms. The van der Waals surface area contributed by atoms with E-state index in [2.05, 4.69) is 41.4 Å². The molecular weight excluding hydrogens is 292 g/mol. The molecule has 1 N–H and O–H groups in total. The first-order chi connectivity index (χ1) is 10.7. The van der Waals surface area contributed by atoms with Crippen molar-refractivity contribution in [3.63, 3.8) is 0 Å². The Morgan fingerprint density at radius 3 is 3.00 bits per heavy atom. The van der Waals surface area contributed by atoms with Crippen LogP contribution in [0.1, 0.15) is 17.5 Å². The lowest BCUT2D eigenvalue weighted by Crippen LogP contribution is -2.32. The summed E-state index contributed by atoms with van der Waals surface area (Å²) in [6.45, 7) is 5.44. The minimum atomic E-state index is 0.667. The largest absolute Gasteiger partial charge is 0.367 e. The molecule has 1 saturated heterocycles. The summed E-state index contributed by atoms with van der Waals surface area (Å²) in [7, 11) is 0. The van der Waals surface area contributed by atoms with Crippen LogP contribution in [0, 0.1) is 6.92 Å². The van der Waals surface area contributed by atoms with Crippen LogP contribution in [0.2, 0.25) is 5.02 Å². The molecule has 114 valence electrons. The van der Waals surface area contributed by atoms with Gasteiger partial charge in [0.05, 0.1) is 0 Å². The average molecular weight is 313 g/mol. The summed E-state index contributed by atoms with van der Waals surface area (Å²) in [5, 5.41) is 4.35. The molecule has 1 unspecified atom stereocenters. The molecule has 3 heteroatoms. The Hall–Kier alpha value is -1.51. The van der Waals surface area contributed by atoms with Crippen molar-refractivity contribution in [1.29, 1.82) is 0 Å². The Bertz CT molecular complexity index is 711. The van der Waals surface area contributed by atoms with Gasteiger partial charge in [-0.3, -0.25) is 0 Å². The molecule has 22 heavy (non-hydrogen) atoms. The number of anilines is 1. The number of hydrogen-bond donors (Lipinski definition) is 1. The Morgan fingerprint density at radius 1 is 1.18 bits per heavy atom.